The first-order chi connectivity index (χ1) is 8.35. The van der Waals surface area contributed by atoms with Crippen LogP contribution >= 0.6 is 0 Å². The van der Waals surface area contributed by atoms with E-state index in [-0.39, 0.29) is 12.5 Å². The molecule has 1 heterocycles. The Bertz CT molecular complexity index is 456. The van der Waals surface area contributed by atoms with Crippen LogP contribution in [0.2, 0.25) is 0 Å². The van der Waals surface area contributed by atoms with Crippen LogP contribution in [-0.4, -0.2) is 28.4 Å². The van der Waals surface area contributed by atoms with Crippen LogP contribution < -0.4 is 5.73 Å². The van der Waals surface area contributed by atoms with Gasteiger partial charge in [-0.1, -0.05) is 35.5 Å². The predicted octanol–water partition coefficient (Wildman–Crippen LogP) is 0.695. The van der Waals surface area contributed by atoms with Crippen molar-refractivity contribution in [3.63, 3.8) is 0 Å². The SMILES string of the molecule is NCC(c1ccccc1)c1nc(CCO)no1. The minimum Gasteiger partial charge on any atom is -0.396 e. The standard InChI is InChI=1S/C12H15N3O2/c13-8-10(9-4-2-1-3-5-9)12-14-11(6-7-16)15-17-12/h1-5,10,16H,6-8,13H2. The van der Waals surface area contributed by atoms with Crippen LogP contribution in [0.3, 0.4) is 0 Å². The van der Waals surface area contributed by atoms with E-state index in [1.165, 1.54) is 0 Å². The first-order valence-electron chi connectivity index (χ1n) is 5.53. The third-order valence-electron chi connectivity index (χ3n) is 2.55. The molecule has 1 unspecified atom stereocenters. The summed E-state index contributed by atoms with van der Waals surface area (Å²) in [5.74, 6) is 0.926. The maximum absolute atomic E-state index is 8.80. The highest BCUT2D eigenvalue weighted by atomic mass is 16.5. The first kappa shape index (κ1) is 11.8. The number of nitrogens with zero attached hydrogens (tertiary/aromatic N) is 2. The lowest BCUT2D eigenvalue weighted by Crippen LogP contribution is -2.14. The molecule has 0 spiro atoms. The minimum absolute atomic E-state index is 0.0115. The number of aliphatic hydroxyl groups excluding tert-OH is 1. The Morgan fingerprint density at radius 3 is 2.71 bits per heavy atom. The zero-order valence-electron chi connectivity index (χ0n) is 9.41. The molecule has 17 heavy (non-hydrogen) atoms. The zero-order chi connectivity index (χ0) is 12.1. The fourth-order valence-electron chi connectivity index (χ4n) is 1.68. The van der Waals surface area contributed by atoms with Crippen molar-refractivity contribution in [3.05, 3.63) is 47.6 Å². The molecule has 1 aromatic carbocycles. The number of aromatic nitrogens is 2. The van der Waals surface area contributed by atoms with E-state index in [0.29, 0.717) is 24.7 Å². The third kappa shape index (κ3) is 2.69. The van der Waals surface area contributed by atoms with Gasteiger partial charge < -0.3 is 15.4 Å². The molecule has 2 rings (SSSR count). The molecule has 5 heteroatoms. The van der Waals surface area contributed by atoms with Gasteiger partial charge in [-0.2, -0.15) is 4.98 Å². The Morgan fingerprint density at radius 2 is 2.06 bits per heavy atom. The number of hydrogen-bond acceptors (Lipinski definition) is 5. The van der Waals surface area contributed by atoms with Gasteiger partial charge in [0.25, 0.3) is 0 Å². The molecule has 0 amide bonds. The van der Waals surface area contributed by atoms with Crippen molar-refractivity contribution in [3.8, 4) is 0 Å². The van der Waals surface area contributed by atoms with Gasteiger partial charge in [0.15, 0.2) is 5.82 Å². The van der Waals surface area contributed by atoms with Gasteiger partial charge in [-0.05, 0) is 5.56 Å². The van der Waals surface area contributed by atoms with Crippen LogP contribution in [0.4, 0.5) is 0 Å². The second kappa shape index (κ2) is 5.56. The minimum atomic E-state index is -0.0869. The lowest BCUT2D eigenvalue weighted by molar-refractivity contribution is 0.292. The Morgan fingerprint density at radius 1 is 1.29 bits per heavy atom. The van der Waals surface area contributed by atoms with E-state index >= 15 is 0 Å². The van der Waals surface area contributed by atoms with E-state index in [2.05, 4.69) is 10.1 Å². The van der Waals surface area contributed by atoms with Crippen LogP contribution in [-0.2, 0) is 6.42 Å². The third-order valence-corrected chi connectivity index (χ3v) is 2.55. The van der Waals surface area contributed by atoms with E-state index in [4.69, 9.17) is 15.4 Å². The van der Waals surface area contributed by atoms with Crippen LogP contribution in [0.5, 0.6) is 0 Å². The average Bonchev–Trinajstić information content (AvgIpc) is 2.81. The molecule has 5 nitrogen and oxygen atoms in total. The van der Waals surface area contributed by atoms with Gasteiger partial charge in [0.1, 0.15) is 0 Å². The van der Waals surface area contributed by atoms with Crippen LogP contribution in [0.1, 0.15) is 23.2 Å². The average molecular weight is 233 g/mol. The Kier molecular flexibility index (Phi) is 3.85. The molecule has 90 valence electrons. The molecular formula is C12H15N3O2. The predicted molar refractivity (Wildman–Crippen MR) is 62.4 cm³/mol. The summed E-state index contributed by atoms with van der Waals surface area (Å²) in [6, 6.07) is 9.80. The van der Waals surface area contributed by atoms with Gasteiger partial charge in [0.2, 0.25) is 5.89 Å². The maximum Gasteiger partial charge on any atom is 0.235 e. The van der Waals surface area contributed by atoms with Gasteiger partial charge in [-0.15, -0.1) is 0 Å². The van der Waals surface area contributed by atoms with Gasteiger partial charge in [-0.3, -0.25) is 0 Å². The normalized spacial score (nSPS) is 12.6. The topological polar surface area (TPSA) is 85.2 Å². The van der Waals surface area contributed by atoms with Crippen molar-refractivity contribution < 1.29 is 9.63 Å². The molecule has 0 saturated heterocycles. The number of aliphatic hydroxyl groups is 1. The van der Waals surface area contributed by atoms with Crippen molar-refractivity contribution in [2.45, 2.75) is 12.3 Å². The Balaban J connectivity index is 2.23. The van der Waals surface area contributed by atoms with E-state index in [9.17, 15) is 0 Å². The Labute approximate surface area is 99.3 Å². The summed E-state index contributed by atoms with van der Waals surface area (Å²) >= 11 is 0. The van der Waals surface area contributed by atoms with Crippen molar-refractivity contribution in [1.29, 1.82) is 0 Å². The van der Waals surface area contributed by atoms with E-state index in [0.717, 1.165) is 5.56 Å². The number of hydrogen-bond donors (Lipinski definition) is 2. The molecule has 0 aliphatic carbocycles. The van der Waals surface area contributed by atoms with Gasteiger partial charge >= 0.3 is 0 Å². The Hall–Kier alpha value is -1.72. The summed E-state index contributed by atoms with van der Waals surface area (Å²) in [5.41, 5.74) is 6.79. The fraction of sp³-hybridized carbons (Fsp3) is 0.333. The lowest BCUT2D eigenvalue weighted by Gasteiger charge is -2.09. The monoisotopic (exact) mass is 233 g/mol. The number of nitrogens with two attached hydrogens (primary N) is 1. The molecule has 2 aromatic rings. The molecule has 0 radical (unpaired) electrons. The first-order valence-corrected chi connectivity index (χ1v) is 5.53. The molecule has 3 N–H and O–H groups in total. The largest absolute Gasteiger partial charge is 0.396 e. The number of rotatable bonds is 5. The summed E-state index contributed by atoms with van der Waals surface area (Å²) in [6.07, 6.45) is 0.398. The number of benzene rings is 1. The van der Waals surface area contributed by atoms with Crippen molar-refractivity contribution in [2.75, 3.05) is 13.2 Å². The zero-order valence-corrected chi connectivity index (χ0v) is 9.41. The summed E-state index contributed by atoms with van der Waals surface area (Å²) < 4.78 is 5.17. The van der Waals surface area contributed by atoms with Gasteiger partial charge in [0, 0.05) is 13.0 Å². The molecule has 0 aliphatic heterocycles. The van der Waals surface area contributed by atoms with Gasteiger partial charge in [0.05, 0.1) is 12.5 Å². The molecule has 0 fully saturated rings. The second-order valence-electron chi connectivity index (χ2n) is 3.72. The van der Waals surface area contributed by atoms with Gasteiger partial charge in [-0.25, -0.2) is 0 Å². The molecule has 0 saturated carbocycles. The molecular weight excluding hydrogens is 218 g/mol. The van der Waals surface area contributed by atoms with Crippen LogP contribution in [0.25, 0.3) is 0 Å². The summed E-state index contributed by atoms with van der Waals surface area (Å²) in [5, 5.41) is 12.6. The van der Waals surface area contributed by atoms with Crippen molar-refractivity contribution >= 4 is 0 Å². The molecule has 0 aliphatic rings. The molecule has 1 aromatic heterocycles. The fourth-order valence-corrected chi connectivity index (χ4v) is 1.68. The lowest BCUT2D eigenvalue weighted by atomic mass is 9.99. The molecule has 0 bridgehead atoms. The van der Waals surface area contributed by atoms with E-state index in [1.54, 1.807) is 0 Å². The quantitative estimate of drug-likeness (QED) is 0.793. The highest BCUT2D eigenvalue weighted by molar-refractivity contribution is 5.24. The summed E-state index contributed by atoms with van der Waals surface area (Å²) in [7, 11) is 0. The maximum atomic E-state index is 8.80. The summed E-state index contributed by atoms with van der Waals surface area (Å²) in [6.45, 7) is 0.419. The highest BCUT2D eigenvalue weighted by Gasteiger charge is 2.19. The van der Waals surface area contributed by atoms with Crippen LogP contribution in [0, 0.1) is 0 Å². The molecule has 1 atom stereocenters. The van der Waals surface area contributed by atoms with E-state index in [1.807, 2.05) is 30.3 Å². The smallest absolute Gasteiger partial charge is 0.235 e. The van der Waals surface area contributed by atoms with E-state index < -0.39 is 0 Å². The summed E-state index contributed by atoms with van der Waals surface area (Å²) in [4.78, 5) is 4.23. The second-order valence-corrected chi connectivity index (χ2v) is 3.72. The van der Waals surface area contributed by atoms with Crippen LogP contribution in [0.15, 0.2) is 34.9 Å². The van der Waals surface area contributed by atoms with Crippen molar-refractivity contribution in [2.24, 2.45) is 5.73 Å². The highest BCUT2D eigenvalue weighted by Crippen LogP contribution is 2.21. The van der Waals surface area contributed by atoms with Crippen molar-refractivity contribution in [1.82, 2.24) is 10.1 Å².